The maximum Gasteiger partial charge on any atom is 0.224 e. The third kappa shape index (κ3) is 3.25. The minimum absolute atomic E-state index is 0.0365. The van der Waals surface area contributed by atoms with Crippen molar-refractivity contribution in [3.05, 3.63) is 59.9 Å². The highest BCUT2D eigenvalue weighted by Crippen LogP contribution is 2.12. The van der Waals surface area contributed by atoms with Crippen LogP contribution in [-0.4, -0.2) is 23.0 Å². The highest BCUT2D eigenvalue weighted by molar-refractivity contribution is 5.79. The highest BCUT2D eigenvalue weighted by atomic mass is 16.5. The molecule has 1 amide bonds. The van der Waals surface area contributed by atoms with E-state index in [2.05, 4.69) is 15.3 Å². The van der Waals surface area contributed by atoms with Gasteiger partial charge in [0.25, 0.3) is 0 Å². The van der Waals surface area contributed by atoms with Crippen LogP contribution in [0.15, 0.2) is 48.5 Å². The number of nitrogens with one attached hydrogen (secondary N) is 2. The first-order valence-corrected chi connectivity index (χ1v) is 7.08. The molecule has 1 heterocycles. The van der Waals surface area contributed by atoms with Gasteiger partial charge in [-0.15, -0.1) is 0 Å². The predicted octanol–water partition coefficient (Wildman–Crippen LogP) is 2.43. The number of amides is 1. The van der Waals surface area contributed by atoms with E-state index in [9.17, 15) is 4.79 Å². The first kappa shape index (κ1) is 14.1. The van der Waals surface area contributed by atoms with Crippen LogP contribution in [0.4, 0.5) is 0 Å². The first-order valence-electron chi connectivity index (χ1n) is 7.08. The second-order valence-electron chi connectivity index (χ2n) is 5.00. The van der Waals surface area contributed by atoms with Crippen molar-refractivity contribution in [2.45, 2.75) is 13.0 Å². The number of aromatic amines is 1. The quantitative estimate of drug-likeness (QED) is 0.759. The van der Waals surface area contributed by atoms with Gasteiger partial charge in [-0.05, 0) is 29.8 Å². The number of hydrogen-bond acceptors (Lipinski definition) is 3. The number of ether oxygens (including phenoxy) is 1. The van der Waals surface area contributed by atoms with Crippen molar-refractivity contribution in [1.29, 1.82) is 0 Å². The summed E-state index contributed by atoms with van der Waals surface area (Å²) in [5, 5.41) is 2.87. The number of H-pyrrole nitrogens is 1. The fourth-order valence-corrected chi connectivity index (χ4v) is 2.26. The normalized spacial score (nSPS) is 10.6. The van der Waals surface area contributed by atoms with Gasteiger partial charge in [-0.25, -0.2) is 4.98 Å². The van der Waals surface area contributed by atoms with E-state index in [-0.39, 0.29) is 5.91 Å². The number of hydrogen-bond donors (Lipinski definition) is 2. The number of nitrogens with zero attached hydrogens (tertiary/aromatic N) is 1. The largest absolute Gasteiger partial charge is 0.497 e. The molecule has 3 aromatic rings. The Kier molecular flexibility index (Phi) is 4.05. The predicted molar refractivity (Wildman–Crippen MR) is 84.6 cm³/mol. The van der Waals surface area contributed by atoms with Gasteiger partial charge in [0.2, 0.25) is 5.91 Å². The lowest BCUT2D eigenvalue weighted by atomic mass is 10.1. The fraction of sp³-hybridized carbons (Fsp3) is 0.176. The van der Waals surface area contributed by atoms with E-state index in [1.807, 2.05) is 48.5 Å². The molecule has 0 aliphatic carbocycles. The van der Waals surface area contributed by atoms with Crippen LogP contribution in [0.5, 0.6) is 5.75 Å². The summed E-state index contributed by atoms with van der Waals surface area (Å²) in [5.74, 6) is 1.50. The summed E-state index contributed by atoms with van der Waals surface area (Å²) in [6.07, 6.45) is 0.338. The van der Waals surface area contributed by atoms with Gasteiger partial charge >= 0.3 is 0 Å². The number of benzene rings is 2. The molecule has 5 nitrogen and oxygen atoms in total. The first-order chi connectivity index (χ1) is 10.7. The molecule has 3 rings (SSSR count). The molecule has 0 unspecified atom stereocenters. The minimum atomic E-state index is -0.0365. The molecule has 2 N–H and O–H groups in total. The summed E-state index contributed by atoms with van der Waals surface area (Å²) >= 11 is 0. The lowest BCUT2D eigenvalue weighted by Crippen LogP contribution is -2.25. The Labute approximate surface area is 128 Å². The zero-order valence-electron chi connectivity index (χ0n) is 12.3. The van der Waals surface area contributed by atoms with Crippen LogP contribution in [0.2, 0.25) is 0 Å². The van der Waals surface area contributed by atoms with Crippen LogP contribution >= 0.6 is 0 Å². The zero-order chi connectivity index (χ0) is 15.4. The maximum absolute atomic E-state index is 12.0. The molecular formula is C17H17N3O2. The van der Waals surface area contributed by atoms with E-state index in [1.165, 1.54) is 0 Å². The number of fused-ring (bicyclic) bond motifs is 1. The number of aromatic nitrogens is 2. The van der Waals surface area contributed by atoms with Gasteiger partial charge in [0.05, 0.1) is 31.1 Å². The molecule has 0 saturated carbocycles. The van der Waals surface area contributed by atoms with Crippen LogP contribution in [0.1, 0.15) is 11.4 Å². The van der Waals surface area contributed by atoms with E-state index < -0.39 is 0 Å². The lowest BCUT2D eigenvalue weighted by Gasteiger charge is -2.04. The Morgan fingerprint density at radius 1 is 1.18 bits per heavy atom. The van der Waals surface area contributed by atoms with E-state index in [1.54, 1.807) is 7.11 Å². The van der Waals surface area contributed by atoms with Crippen molar-refractivity contribution < 1.29 is 9.53 Å². The van der Waals surface area contributed by atoms with Crippen molar-refractivity contribution in [3.8, 4) is 5.75 Å². The molecule has 1 aromatic heterocycles. The average Bonchev–Trinajstić information content (AvgIpc) is 2.96. The average molecular weight is 295 g/mol. The number of methoxy groups -OCH3 is 1. The van der Waals surface area contributed by atoms with Crippen LogP contribution in [0, 0.1) is 0 Å². The topological polar surface area (TPSA) is 67.0 Å². The molecule has 0 spiro atoms. The number of carbonyl (C=O) groups is 1. The monoisotopic (exact) mass is 295 g/mol. The number of rotatable bonds is 5. The van der Waals surface area contributed by atoms with Crippen molar-refractivity contribution in [2.75, 3.05) is 7.11 Å². The highest BCUT2D eigenvalue weighted by Gasteiger charge is 2.06. The van der Waals surface area contributed by atoms with Gasteiger partial charge in [0.1, 0.15) is 11.6 Å². The second-order valence-corrected chi connectivity index (χ2v) is 5.00. The van der Waals surface area contributed by atoms with Crippen molar-refractivity contribution >= 4 is 16.9 Å². The Morgan fingerprint density at radius 3 is 2.68 bits per heavy atom. The summed E-state index contributed by atoms with van der Waals surface area (Å²) in [6, 6.07) is 15.3. The molecule has 0 aliphatic heterocycles. The molecule has 0 fully saturated rings. The van der Waals surface area contributed by atoms with E-state index >= 15 is 0 Å². The van der Waals surface area contributed by atoms with E-state index in [0.29, 0.717) is 13.0 Å². The van der Waals surface area contributed by atoms with Gasteiger partial charge in [0, 0.05) is 0 Å². The molecule has 0 saturated heterocycles. The Balaban J connectivity index is 1.57. The smallest absolute Gasteiger partial charge is 0.224 e. The summed E-state index contributed by atoms with van der Waals surface area (Å²) < 4.78 is 5.10. The van der Waals surface area contributed by atoms with Crippen LogP contribution in [-0.2, 0) is 17.8 Å². The Hall–Kier alpha value is -2.82. The van der Waals surface area contributed by atoms with Gasteiger partial charge in [-0.2, -0.15) is 0 Å². The standard InChI is InChI=1S/C17H17N3O2/c1-22-13-8-6-12(7-9-13)10-17(21)18-11-16-19-14-4-2-3-5-15(14)20-16/h2-9H,10-11H2,1H3,(H,18,21)(H,19,20). The van der Waals surface area contributed by atoms with Crippen molar-refractivity contribution in [2.24, 2.45) is 0 Å². The fourth-order valence-electron chi connectivity index (χ4n) is 2.26. The zero-order valence-corrected chi connectivity index (χ0v) is 12.3. The second kappa shape index (κ2) is 6.30. The third-order valence-electron chi connectivity index (χ3n) is 3.42. The van der Waals surface area contributed by atoms with E-state index in [4.69, 9.17) is 4.74 Å². The minimum Gasteiger partial charge on any atom is -0.497 e. The molecule has 2 aromatic carbocycles. The number of carbonyl (C=O) groups excluding carboxylic acids is 1. The van der Waals surface area contributed by atoms with Gasteiger partial charge in [-0.3, -0.25) is 4.79 Å². The SMILES string of the molecule is COc1ccc(CC(=O)NCc2nc3ccccc3[nH]2)cc1. The van der Waals surface area contributed by atoms with Crippen LogP contribution in [0.25, 0.3) is 11.0 Å². The van der Waals surface area contributed by atoms with Crippen molar-refractivity contribution in [3.63, 3.8) is 0 Å². The summed E-state index contributed by atoms with van der Waals surface area (Å²) in [5.41, 5.74) is 2.83. The summed E-state index contributed by atoms with van der Waals surface area (Å²) in [6.45, 7) is 0.393. The molecular weight excluding hydrogens is 278 g/mol. The van der Waals surface area contributed by atoms with Crippen LogP contribution in [0.3, 0.4) is 0 Å². The lowest BCUT2D eigenvalue weighted by molar-refractivity contribution is -0.120. The Bertz CT molecular complexity index is 745. The number of para-hydroxylation sites is 2. The molecule has 112 valence electrons. The molecule has 0 aliphatic rings. The molecule has 22 heavy (non-hydrogen) atoms. The van der Waals surface area contributed by atoms with Gasteiger partial charge < -0.3 is 15.0 Å². The maximum atomic E-state index is 12.0. The molecule has 0 bridgehead atoms. The van der Waals surface area contributed by atoms with Gasteiger partial charge in [-0.1, -0.05) is 24.3 Å². The Morgan fingerprint density at radius 2 is 1.95 bits per heavy atom. The molecule has 0 atom stereocenters. The molecule has 5 heteroatoms. The molecule has 0 radical (unpaired) electrons. The van der Waals surface area contributed by atoms with E-state index in [0.717, 1.165) is 28.2 Å². The van der Waals surface area contributed by atoms with Gasteiger partial charge in [0.15, 0.2) is 0 Å². The van der Waals surface area contributed by atoms with Crippen molar-refractivity contribution in [1.82, 2.24) is 15.3 Å². The van der Waals surface area contributed by atoms with Crippen LogP contribution < -0.4 is 10.1 Å². The summed E-state index contributed by atoms with van der Waals surface area (Å²) in [4.78, 5) is 19.6. The number of imidazole rings is 1. The summed E-state index contributed by atoms with van der Waals surface area (Å²) in [7, 11) is 1.62. The third-order valence-corrected chi connectivity index (χ3v) is 3.42.